The molecule has 2 aromatic rings. The number of piperazine rings is 1. The summed E-state index contributed by atoms with van der Waals surface area (Å²) in [5.74, 6) is 0.211. The van der Waals surface area contributed by atoms with E-state index in [-0.39, 0.29) is 17.5 Å². The monoisotopic (exact) mass is 394 g/mol. The van der Waals surface area contributed by atoms with Gasteiger partial charge in [0.25, 0.3) is 0 Å². The van der Waals surface area contributed by atoms with Crippen molar-refractivity contribution in [3.63, 3.8) is 0 Å². The number of benzene rings is 1. The second-order valence-electron chi connectivity index (χ2n) is 5.65. The molecule has 0 atom stereocenters. The van der Waals surface area contributed by atoms with Crippen LogP contribution in [0, 0.1) is 10.1 Å². The Kier molecular flexibility index (Phi) is 5.43. The summed E-state index contributed by atoms with van der Waals surface area (Å²) in [4.78, 5) is 22.6. The van der Waals surface area contributed by atoms with Crippen LogP contribution in [-0.4, -0.2) is 46.9 Å². The number of anilines is 1. The first-order valence-corrected chi connectivity index (χ1v) is 8.60. The van der Waals surface area contributed by atoms with Crippen molar-refractivity contribution in [1.29, 1.82) is 0 Å². The number of nitrogens with zero attached hydrogens (tertiary/aromatic N) is 5. The van der Waals surface area contributed by atoms with Gasteiger partial charge in [-0.2, -0.15) is 4.99 Å². The molecule has 3 rings (SSSR count). The highest BCUT2D eigenvalue weighted by Crippen LogP contribution is 2.28. The molecule has 1 aliphatic rings. The van der Waals surface area contributed by atoms with E-state index in [0.29, 0.717) is 36.2 Å². The summed E-state index contributed by atoms with van der Waals surface area (Å²) < 4.78 is 0. The lowest BCUT2D eigenvalue weighted by Gasteiger charge is -2.36. The summed E-state index contributed by atoms with van der Waals surface area (Å²) in [5, 5.41) is 12.1. The zero-order valence-electron chi connectivity index (χ0n) is 13.7. The van der Waals surface area contributed by atoms with E-state index in [4.69, 9.17) is 28.9 Å². The van der Waals surface area contributed by atoms with Crippen molar-refractivity contribution in [2.75, 3.05) is 31.1 Å². The van der Waals surface area contributed by atoms with Gasteiger partial charge in [-0.1, -0.05) is 23.2 Å². The highest BCUT2D eigenvalue weighted by molar-refractivity contribution is 6.42. The van der Waals surface area contributed by atoms with Gasteiger partial charge < -0.3 is 15.5 Å². The van der Waals surface area contributed by atoms with Crippen LogP contribution in [0.5, 0.6) is 0 Å². The number of hydrogen-bond acceptors (Lipinski definition) is 5. The normalized spacial score (nSPS) is 15.2. The molecule has 136 valence electrons. The predicted molar refractivity (Wildman–Crippen MR) is 102 cm³/mol. The minimum Gasteiger partial charge on any atom is -0.369 e. The van der Waals surface area contributed by atoms with Gasteiger partial charge in [0.05, 0.1) is 15.0 Å². The minimum absolute atomic E-state index is 0.00177. The predicted octanol–water partition coefficient (Wildman–Crippen LogP) is 3.07. The molecule has 0 spiro atoms. The van der Waals surface area contributed by atoms with Gasteiger partial charge in [-0.05, 0) is 24.3 Å². The number of aliphatic imine (C=N–C) groups is 1. The Morgan fingerprint density at radius 1 is 1.19 bits per heavy atom. The Bertz CT molecular complexity index is 852. The topological polar surface area (TPSA) is 101 Å². The Morgan fingerprint density at radius 3 is 2.58 bits per heavy atom. The van der Waals surface area contributed by atoms with Crippen molar-refractivity contribution in [1.82, 2.24) is 9.88 Å². The molecule has 0 bridgehead atoms. The van der Waals surface area contributed by atoms with E-state index in [1.165, 1.54) is 18.3 Å². The van der Waals surface area contributed by atoms with Crippen molar-refractivity contribution in [2.24, 2.45) is 10.7 Å². The molecule has 1 aliphatic heterocycles. The summed E-state index contributed by atoms with van der Waals surface area (Å²) in [6, 6.07) is 8.35. The van der Waals surface area contributed by atoms with E-state index in [1.807, 2.05) is 17.0 Å². The van der Waals surface area contributed by atoms with Crippen LogP contribution in [0.2, 0.25) is 10.0 Å². The van der Waals surface area contributed by atoms with E-state index in [9.17, 15) is 10.1 Å². The summed E-state index contributed by atoms with van der Waals surface area (Å²) in [6.45, 7) is 2.66. The molecule has 1 aromatic heterocycles. The molecule has 0 radical (unpaired) electrons. The smallest absolute Gasteiger partial charge is 0.313 e. The molecular formula is C16H16Cl2N6O2. The maximum absolute atomic E-state index is 11.0. The molecule has 2 N–H and O–H groups in total. The third-order valence-corrected chi connectivity index (χ3v) is 4.79. The molecule has 1 aromatic carbocycles. The van der Waals surface area contributed by atoms with Crippen molar-refractivity contribution >= 4 is 46.4 Å². The van der Waals surface area contributed by atoms with Gasteiger partial charge in [-0.3, -0.25) is 10.1 Å². The summed E-state index contributed by atoms with van der Waals surface area (Å²) in [5.41, 5.74) is 6.84. The zero-order chi connectivity index (χ0) is 18.7. The Morgan fingerprint density at radius 2 is 1.92 bits per heavy atom. The number of hydrogen-bond donors (Lipinski definition) is 1. The van der Waals surface area contributed by atoms with Crippen LogP contribution in [0.15, 0.2) is 41.5 Å². The average molecular weight is 395 g/mol. The third kappa shape index (κ3) is 3.97. The van der Waals surface area contributed by atoms with Crippen LogP contribution in [0.3, 0.4) is 0 Å². The molecular weight excluding hydrogens is 379 g/mol. The lowest BCUT2D eigenvalue weighted by Crippen LogP contribution is -2.51. The Labute approximate surface area is 160 Å². The largest absolute Gasteiger partial charge is 0.369 e. The standard InChI is InChI=1S/C16H16Cl2N6O2/c17-12-4-3-11(10-13(12)18)22-6-8-23(9-7-22)16(19)21-15-14(24(25)26)2-1-5-20-15/h1-5,10H,6-9H2,(H2,19,20,21). The molecule has 0 saturated carbocycles. The maximum atomic E-state index is 11.0. The number of aromatic nitrogens is 1. The lowest BCUT2D eigenvalue weighted by molar-refractivity contribution is -0.384. The van der Waals surface area contributed by atoms with Crippen molar-refractivity contribution < 1.29 is 4.92 Å². The van der Waals surface area contributed by atoms with E-state index in [0.717, 1.165) is 5.69 Å². The lowest BCUT2D eigenvalue weighted by atomic mass is 10.2. The van der Waals surface area contributed by atoms with Crippen molar-refractivity contribution in [2.45, 2.75) is 0 Å². The molecule has 2 heterocycles. The first kappa shape index (κ1) is 18.2. The van der Waals surface area contributed by atoms with Gasteiger partial charge in [0, 0.05) is 44.1 Å². The van der Waals surface area contributed by atoms with Gasteiger partial charge in [0.1, 0.15) is 0 Å². The third-order valence-electron chi connectivity index (χ3n) is 4.06. The van der Waals surface area contributed by atoms with Crippen molar-refractivity contribution in [3.8, 4) is 0 Å². The highest BCUT2D eigenvalue weighted by atomic mass is 35.5. The number of nitrogens with two attached hydrogens (primary N) is 1. The van der Waals surface area contributed by atoms with E-state index in [1.54, 1.807) is 6.07 Å². The minimum atomic E-state index is -0.526. The summed E-state index contributed by atoms with van der Waals surface area (Å²) in [7, 11) is 0. The molecule has 8 nitrogen and oxygen atoms in total. The van der Waals surface area contributed by atoms with Crippen LogP contribution >= 0.6 is 23.2 Å². The Hall–Kier alpha value is -2.58. The molecule has 0 aliphatic carbocycles. The molecule has 1 saturated heterocycles. The zero-order valence-corrected chi connectivity index (χ0v) is 15.2. The fraction of sp³-hybridized carbons (Fsp3) is 0.250. The fourth-order valence-electron chi connectivity index (χ4n) is 2.67. The number of rotatable bonds is 3. The summed E-state index contributed by atoms with van der Waals surface area (Å²) in [6.07, 6.45) is 1.45. The van der Waals surface area contributed by atoms with Gasteiger partial charge >= 0.3 is 5.69 Å². The van der Waals surface area contributed by atoms with Gasteiger partial charge in [0.2, 0.25) is 5.82 Å². The quantitative estimate of drug-likeness (QED) is 0.371. The second-order valence-corrected chi connectivity index (χ2v) is 6.46. The summed E-state index contributed by atoms with van der Waals surface area (Å²) >= 11 is 12.0. The molecule has 10 heteroatoms. The van der Waals surface area contributed by atoms with E-state index < -0.39 is 4.92 Å². The number of guanidine groups is 1. The molecule has 1 fully saturated rings. The molecule has 0 amide bonds. The Balaban J connectivity index is 1.69. The SMILES string of the molecule is NC(=Nc1ncccc1[N+](=O)[O-])N1CCN(c2ccc(Cl)c(Cl)c2)CC1. The highest BCUT2D eigenvalue weighted by Gasteiger charge is 2.21. The van der Waals surface area contributed by atoms with E-state index in [2.05, 4.69) is 14.9 Å². The van der Waals surface area contributed by atoms with Gasteiger partial charge in [-0.15, -0.1) is 0 Å². The number of pyridine rings is 1. The van der Waals surface area contributed by atoms with Crippen LogP contribution in [0.1, 0.15) is 0 Å². The van der Waals surface area contributed by atoms with Gasteiger partial charge in [-0.25, -0.2) is 4.98 Å². The van der Waals surface area contributed by atoms with Crippen LogP contribution < -0.4 is 10.6 Å². The fourth-order valence-corrected chi connectivity index (χ4v) is 2.96. The maximum Gasteiger partial charge on any atom is 0.313 e. The van der Waals surface area contributed by atoms with Crippen LogP contribution in [0.4, 0.5) is 17.2 Å². The molecule has 0 unspecified atom stereocenters. The van der Waals surface area contributed by atoms with Crippen molar-refractivity contribution in [3.05, 3.63) is 56.7 Å². The second kappa shape index (κ2) is 7.76. The van der Waals surface area contributed by atoms with Crippen LogP contribution in [0.25, 0.3) is 0 Å². The number of nitro groups is 1. The average Bonchev–Trinajstić information content (AvgIpc) is 2.64. The number of halogens is 2. The molecule has 26 heavy (non-hydrogen) atoms. The first-order valence-electron chi connectivity index (χ1n) is 7.84. The van der Waals surface area contributed by atoms with Crippen LogP contribution in [-0.2, 0) is 0 Å². The van der Waals surface area contributed by atoms with E-state index >= 15 is 0 Å². The first-order chi connectivity index (χ1) is 12.5. The van der Waals surface area contributed by atoms with Gasteiger partial charge in [0.15, 0.2) is 5.96 Å².